The molecule has 342 valence electrons. The van der Waals surface area contributed by atoms with Crippen molar-refractivity contribution in [3.63, 3.8) is 0 Å². The summed E-state index contributed by atoms with van der Waals surface area (Å²) in [5.41, 5.74) is 2.28. The summed E-state index contributed by atoms with van der Waals surface area (Å²) in [5, 5.41) is 5.91. The summed E-state index contributed by atoms with van der Waals surface area (Å²) >= 11 is 4.55. The first kappa shape index (κ1) is 50.5. The highest BCUT2D eigenvalue weighted by molar-refractivity contribution is 8.14. The quantitative estimate of drug-likeness (QED) is 0.0215. The number of aromatic nitrogens is 1. The second kappa shape index (κ2) is 22.6. The van der Waals surface area contributed by atoms with E-state index in [2.05, 4.69) is 103 Å². The van der Waals surface area contributed by atoms with Gasteiger partial charge in [0.1, 0.15) is 39.0 Å². The fourth-order valence-corrected chi connectivity index (χ4v) is 11.0. The van der Waals surface area contributed by atoms with Gasteiger partial charge in [0.25, 0.3) is 0 Å². The van der Waals surface area contributed by atoms with Crippen LogP contribution < -0.4 is 5.32 Å². The van der Waals surface area contributed by atoms with Gasteiger partial charge in [-0.15, -0.1) is 34.9 Å². The van der Waals surface area contributed by atoms with Crippen LogP contribution in [0.1, 0.15) is 81.8 Å². The molecule has 1 aromatic heterocycles. The molecule has 0 spiro atoms. The van der Waals surface area contributed by atoms with Gasteiger partial charge in [0.05, 0.1) is 24.2 Å². The van der Waals surface area contributed by atoms with Gasteiger partial charge in [0, 0.05) is 19.2 Å². The van der Waals surface area contributed by atoms with Crippen LogP contribution in [0.5, 0.6) is 0 Å². The van der Waals surface area contributed by atoms with Gasteiger partial charge in [-0.05, 0) is 74.6 Å². The standard InChI is InChI=1S/C50H63N3O7S3Si/c1-35(2)44(52-47(57)49(6)34-62-45(53-49)40-33-61-41(51-40)32-43(55)60-48(3,4)5)46(56)59-39(31-42(54)58-28-30-64(7,8)9)27-19-20-29-63-50(36-21-13-10-14-22-36,37-23-15-11-16-24-37)38-25-17-12-18-26-38/h10-19,21-27,33,35,39,44H,20,28-32,34H2,1-9H3,(H,52,57)/b27-19+/t39-,44-,49+/m0/s1. The summed E-state index contributed by atoms with van der Waals surface area (Å²) in [6, 6.07) is 31.3. The van der Waals surface area contributed by atoms with Crippen molar-refractivity contribution in [3.05, 3.63) is 136 Å². The van der Waals surface area contributed by atoms with E-state index >= 15 is 0 Å². The molecule has 1 aliphatic rings. The molecular formula is C50H63N3O7S3Si. The number of carbonyl (C=O) groups excluding carboxylic acids is 4. The van der Waals surface area contributed by atoms with Gasteiger partial charge >= 0.3 is 17.9 Å². The Morgan fingerprint density at radius 1 is 0.891 bits per heavy atom. The van der Waals surface area contributed by atoms with Crippen LogP contribution in [0.15, 0.2) is 114 Å². The Morgan fingerprint density at radius 2 is 1.47 bits per heavy atom. The average Bonchev–Trinajstić information content (AvgIpc) is 3.88. The van der Waals surface area contributed by atoms with Crippen LogP contribution in [-0.4, -0.2) is 83.3 Å². The molecule has 0 radical (unpaired) electrons. The number of carbonyl (C=O) groups is 4. The molecule has 64 heavy (non-hydrogen) atoms. The van der Waals surface area contributed by atoms with Crippen LogP contribution in [0.4, 0.5) is 0 Å². The van der Waals surface area contributed by atoms with E-state index in [1.165, 1.54) is 23.1 Å². The van der Waals surface area contributed by atoms with E-state index in [4.69, 9.17) is 19.2 Å². The normalized spacial score (nSPS) is 16.6. The number of nitrogens with one attached hydrogen (secondary N) is 1. The van der Waals surface area contributed by atoms with Gasteiger partial charge in [-0.2, -0.15) is 0 Å². The van der Waals surface area contributed by atoms with Crippen molar-refractivity contribution in [3.8, 4) is 0 Å². The lowest BCUT2D eigenvalue weighted by Crippen LogP contribution is -2.53. The fourth-order valence-electron chi connectivity index (χ4n) is 6.89. The Morgan fingerprint density at radius 3 is 2.00 bits per heavy atom. The van der Waals surface area contributed by atoms with E-state index in [9.17, 15) is 19.2 Å². The van der Waals surface area contributed by atoms with Crippen molar-refractivity contribution in [1.82, 2.24) is 10.3 Å². The zero-order valence-corrected chi connectivity index (χ0v) is 42.0. The third-order valence-electron chi connectivity index (χ3n) is 10.3. The monoisotopic (exact) mass is 941 g/mol. The number of nitrogens with zero attached hydrogens (tertiary/aromatic N) is 2. The lowest BCUT2D eigenvalue weighted by molar-refractivity contribution is -0.157. The van der Waals surface area contributed by atoms with Gasteiger partial charge in [-0.1, -0.05) is 131 Å². The molecule has 0 saturated carbocycles. The van der Waals surface area contributed by atoms with E-state index in [1.54, 1.807) is 13.0 Å². The topological polar surface area (TPSA) is 133 Å². The summed E-state index contributed by atoms with van der Waals surface area (Å²) in [6.07, 6.45) is 3.31. The Kier molecular flexibility index (Phi) is 17.8. The van der Waals surface area contributed by atoms with Gasteiger partial charge in [-0.3, -0.25) is 19.4 Å². The highest BCUT2D eigenvalue weighted by atomic mass is 32.2. The van der Waals surface area contributed by atoms with Gasteiger partial charge in [0.2, 0.25) is 5.91 Å². The summed E-state index contributed by atoms with van der Waals surface area (Å²) < 4.78 is 16.7. The Hall–Kier alpha value is -4.50. The minimum Gasteiger partial charge on any atom is -0.466 e. The fraction of sp³-hybridized carbons (Fsp3) is 0.440. The zero-order valence-electron chi connectivity index (χ0n) is 38.6. The molecule has 0 aliphatic carbocycles. The molecule has 3 aromatic carbocycles. The smallest absolute Gasteiger partial charge is 0.329 e. The number of ether oxygens (including phenoxy) is 3. The molecule has 2 heterocycles. The van der Waals surface area contributed by atoms with Crippen LogP contribution in [0.2, 0.25) is 25.7 Å². The number of hydrogen-bond donors (Lipinski definition) is 1. The maximum absolute atomic E-state index is 14.0. The van der Waals surface area contributed by atoms with Crippen LogP contribution >= 0.6 is 34.9 Å². The second-order valence-electron chi connectivity index (χ2n) is 18.6. The molecule has 3 atom stereocenters. The number of hydrogen-bond acceptors (Lipinski definition) is 12. The second-order valence-corrected chi connectivity index (χ2v) is 27.5. The zero-order chi connectivity index (χ0) is 46.5. The van der Waals surface area contributed by atoms with E-state index in [0.717, 1.165) is 22.7 Å². The van der Waals surface area contributed by atoms with Crippen molar-refractivity contribution in [2.24, 2.45) is 10.9 Å². The summed E-state index contributed by atoms with van der Waals surface area (Å²) in [7, 11) is -1.46. The molecule has 0 fully saturated rings. The molecule has 1 N–H and O–H groups in total. The number of esters is 3. The molecule has 1 amide bonds. The highest BCUT2D eigenvalue weighted by Gasteiger charge is 2.42. The Balaban J connectivity index is 1.30. The predicted molar refractivity (Wildman–Crippen MR) is 265 cm³/mol. The lowest BCUT2D eigenvalue weighted by atomic mass is 9.84. The molecule has 0 bridgehead atoms. The van der Waals surface area contributed by atoms with E-state index < -0.39 is 54.0 Å². The molecular weight excluding hydrogens is 879 g/mol. The molecule has 14 heteroatoms. The summed E-state index contributed by atoms with van der Waals surface area (Å²) in [5.74, 6) is -1.19. The first-order chi connectivity index (χ1) is 30.3. The van der Waals surface area contributed by atoms with Crippen molar-refractivity contribution in [2.45, 2.75) is 115 Å². The Bertz CT molecular complexity index is 2140. The predicted octanol–water partition coefficient (Wildman–Crippen LogP) is 10.3. The summed E-state index contributed by atoms with van der Waals surface area (Å²) in [6.45, 7) is 17.8. The van der Waals surface area contributed by atoms with Crippen LogP contribution in [-0.2, 0) is 44.6 Å². The first-order valence-corrected chi connectivity index (χ1v) is 28.4. The van der Waals surface area contributed by atoms with Crippen molar-refractivity contribution in [2.75, 3.05) is 18.1 Å². The highest BCUT2D eigenvalue weighted by Crippen LogP contribution is 2.48. The van der Waals surface area contributed by atoms with E-state index in [-0.39, 0.29) is 24.7 Å². The van der Waals surface area contributed by atoms with Crippen molar-refractivity contribution in [1.29, 1.82) is 0 Å². The van der Waals surface area contributed by atoms with Crippen LogP contribution in [0, 0.1) is 5.92 Å². The number of aliphatic imine (C=N–C) groups is 1. The Labute approximate surface area is 392 Å². The number of thioether (sulfide) groups is 2. The average molecular weight is 942 g/mol. The maximum Gasteiger partial charge on any atom is 0.329 e. The molecule has 5 rings (SSSR count). The largest absolute Gasteiger partial charge is 0.466 e. The SMILES string of the molecule is CC(C)[C@H](NC(=O)[C@@]1(C)CSC(c2csc(CC(=O)OC(C)(C)C)n2)=N1)C(=O)O[C@@H](/C=C/CCSC(c1ccccc1)(c1ccccc1)c1ccccc1)CC(=O)OCC[Si](C)(C)C. The van der Waals surface area contributed by atoms with E-state index in [1.807, 2.05) is 76.0 Å². The number of thiazole rings is 1. The number of benzene rings is 3. The molecule has 0 unspecified atom stereocenters. The number of rotatable bonds is 21. The molecule has 10 nitrogen and oxygen atoms in total. The number of allylic oxidation sites excluding steroid dienone is 1. The van der Waals surface area contributed by atoms with Gasteiger partial charge in [-0.25, -0.2) is 9.78 Å². The van der Waals surface area contributed by atoms with Crippen molar-refractivity contribution >= 4 is 71.8 Å². The number of amides is 1. The van der Waals surface area contributed by atoms with Crippen molar-refractivity contribution < 1.29 is 33.4 Å². The lowest BCUT2D eigenvalue weighted by Gasteiger charge is -2.35. The van der Waals surface area contributed by atoms with Crippen LogP contribution in [0.3, 0.4) is 0 Å². The first-order valence-electron chi connectivity index (χ1n) is 21.8. The summed E-state index contributed by atoms with van der Waals surface area (Å²) in [4.78, 5) is 62.9. The molecule has 0 saturated heterocycles. The van der Waals surface area contributed by atoms with Gasteiger partial charge < -0.3 is 19.5 Å². The maximum atomic E-state index is 14.0. The minimum absolute atomic E-state index is 0.0403. The van der Waals surface area contributed by atoms with Gasteiger partial charge in [0.15, 0.2) is 0 Å². The third kappa shape index (κ3) is 14.5. The minimum atomic E-state index is -1.46. The molecule has 4 aromatic rings. The molecule has 1 aliphatic heterocycles. The third-order valence-corrected chi connectivity index (χ3v) is 15.7. The van der Waals surface area contributed by atoms with E-state index in [0.29, 0.717) is 40.3 Å². The van der Waals surface area contributed by atoms with Crippen LogP contribution in [0.25, 0.3) is 0 Å².